The second-order valence-corrected chi connectivity index (χ2v) is 6.16. The Balaban J connectivity index is 2.18. The van der Waals surface area contributed by atoms with E-state index in [0.29, 0.717) is 11.1 Å². The Labute approximate surface area is 159 Å². The van der Waals surface area contributed by atoms with Gasteiger partial charge in [0.25, 0.3) is 5.91 Å². The average molecular weight is 389 g/mol. The number of rotatable bonds is 5. The fraction of sp³-hybridized carbons (Fsp3) is 0.200. The largest absolute Gasteiger partial charge is 0.435 e. The van der Waals surface area contributed by atoms with E-state index < -0.39 is 23.9 Å². The lowest BCUT2D eigenvalue weighted by Crippen LogP contribution is -2.41. The first kappa shape index (κ1) is 19.5. The van der Waals surface area contributed by atoms with Crippen LogP contribution >= 0.6 is 0 Å². The van der Waals surface area contributed by atoms with Crippen LogP contribution in [0.1, 0.15) is 23.6 Å². The molecule has 8 heteroatoms. The van der Waals surface area contributed by atoms with Crippen LogP contribution in [0.5, 0.6) is 5.75 Å². The number of guanidine groups is 1. The molecule has 28 heavy (non-hydrogen) atoms. The number of nitrogens with zero attached hydrogens (tertiary/aromatic N) is 2. The summed E-state index contributed by atoms with van der Waals surface area (Å²) in [6.07, 6.45) is 1.31. The molecule has 1 amide bonds. The highest BCUT2D eigenvalue weighted by Gasteiger charge is 2.49. The number of amides is 1. The fourth-order valence-corrected chi connectivity index (χ4v) is 3.12. The van der Waals surface area contributed by atoms with Gasteiger partial charge in [-0.2, -0.15) is 8.78 Å². The first-order valence-electron chi connectivity index (χ1n) is 8.41. The van der Waals surface area contributed by atoms with Gasteiger partial charge in [-0.15, -0.1) is 0 Å². The lowest BCUT2D eigenvalue weighted by molar-refractivity contribution is -0.129. The molecule has 1 atom stereocenters. The fourth-order valence-electron chi connectivity index (χ4n) is 3.12. The van der Waals surface area contributed by atoms with E-state index in [1.807, 2.05) is 0 Å². The number of ether oxygens (including phenoxy) is 1. The summed E-state index contributed by atoms with van der Waals surface area (Å²) in [6.45, 7) is -1.40. The molecule has 2 aromatic carbocycles. The van der Waals surface area contributed by atoms with Crippen molar-refractivity contribution in [3.63, 3.8) is 0 Å². The van der Waals surface area contributed by atoms with Crippen LogP contribution in [0.4, 0.5) is 13.2 Å². The Morgan fingerprint density at radius 2 is 1.89 bits per heavy atom. The quantitative estimate of drug-likeness (QED) is 0.849. The number of carbonyl (C=O) groups is 1. The number of carbonyl (C=O) groups excluding carboxylic acids is 1. The third-order valence-electron chi connectivity index (χ3n) is 4.55. The third kappa shape index (κ3) is 3.21. The molecule has 0 fully saturated rings. The maximum absolute atomic E-state index is 14.1. The predicted octanol–water partition coefficient (Wildman–Crippen LogP) is 3.65. The molecule has 2 N–H and O–H groups in total. The Bertz CT molecular complexity index is 957. The van der Waals surface area contributed by atoms with Crippen LogP contribution in [0.15, 0.2) is 59.6 Å². The van der Waals surface area contributed by atoms with Gasteiger partial charge in [0, 0.05) is 12.6 Å². The van der Waals surface area contributed by atoms with Crippen LogP contribution in [0, 0.1) is 0 Å². The molecule has 1 unspecified atom stereocenters. The van der Waals surface area contributed by atoms with E-state index in [-0.39, 0.29) is 17.3 Å². The monoisotopic (exact) mass is 389 g/mol. The summed E-state index contributed by atoms with van der Waals surface area (Å²) >= 11 is 0. The maximum atomic E-state index is 14.1. The van der Waals surface area contributed by atoms with Gasteiger partial charge in [0.1, 0.15) is 11.6 Å². The molecule has 5 nitrogen and oxygen atoms in total. The van der Waals surface area contributed by atoms with Crippen LogP contribution in [0.2, 0.25) is 0 Å². The highest BCUT2D eigenvalue weighted by molar-refractivity contribution is 6.09. The Morgan fingerprint density at radius 1 is 1.21 bits per heavy atom. The smallest absolute Gasteiger partial charge is 0.387 e. The van der Waals surface area contributed by atoms with Gasteiger partial charge in [0.2, 0.25) is 0 Å². The number of hydrogen-bond donors (Lipinski definition) is 1. The first-order valence-corrected chi connectivity index (χ1v) is 8.41. The van der Waals surface area contributed by atoms with Crippen LogP contribution in [-0.4, -0.2) is 30.4 Å². The molecule has 1 heterocycles. The van der Waals surface area contributed by atoms with E-state index in [2.05, 4.69) is 9.73 Å². The standard InChI is InChI=1S/C20H18F3N3O2/c1-3-16(21)12-5-4-6-14(11-12)20(17(27)26(2)19(24)25-20)13-7-9-15(10-8-13)28-18(22)23/h3-11,18H,1-2H3,(H2,24,25). The summed E-state index contributed by atoms with van der Waals surface area (Å²) in [5.74, 6) is -0.952. The summed E-state index contributed by atoms with van der Waals surface area (Å²) in [7, 11) is 1.48. The minimum atomic E-state index is -2.96. The zero-order valence-corrected chi connectivity index (χ0v) is 15.2. The van der Waals surface area contributed by atoms with Gasteiger partial charge in [0.05, 0.1) is 0 Å². The Morgan fingerprint density at radius 3 is 2.43 bits per heavy atom. The van der Waals surface area contributed by atoms with Crippen LogP contribution < -0.4 is 10.5 Å². The number of likely N-dealkylation sites (N-methyl/N-ethyl adjacent to an activating group) is 1. The van der Waals surface area contributed by atoms with Crippen molar-refractivity contribution in [3.8, 4) is 5.75 Å². The summed E-state index contributed by atoms with van der Waals surface area (Å²) < 4.78 is 43.3. The van der Waals surface area contributed by atoms with Crippen molar-refractivity contribution in [1.82, 2.24) is 4.90 Å². The van der Waals surface area contributed by atoms with Gasteiger partial charge in [-0.25, -0.2) is 9.38 Å². The number of allylic oxidation sites excluding steroid dienone is 1. The number of benzene rings is 2. The van der Waals surface area contributed by atoms with Crippen molar-refractivity contribution < 1.29 is 22.7 Å². The van der Waals surface area contributed by atoms with Crippen LogP contribution in [0.25, 0.3) is 5.83 Å². The molecular weight excluding hydrogens is 371 g/mol. The van der Waals surface area contributed by atoms with E-state index in [1.54, 1.807) is 25.1 Å². The molecule has 0 radical (unpaired) electrons. The molecular formula is C20H18F3N3O2. The molecule has 0 saturated heterocycles. The summed E-state index contributed by atoms with van der Waals surface area (Å²) in [4.78, 5) is 18.7. The summed E-state index contributed by atoms with van der Waals surface area (Å²) in [5.41, 5.74) is 5.42. The molecule has 1 aliphatic heterocycles. The zero-order chi connectivity index (χ0) is 20.5. The lowest BCUT2D eigenvalue weighted by atomic mass is 9.82. The van der Waals surface area contributed by atoms with Crippen molar-refractivity contribution in [2.24, 2.45) is 10.7 Å². The van der Waals surface area contributed by atoms with Gasteiger partial charge in [0.15, 0.2) is 11.5 Å². The van der Waals surface area contributed by atoms with Gasteiger partial charge >= 0.3 is 6.61 Å². The van der Waals surface area contributed by atoms with E-state index in [0.717, 1.165) is 0 Å². The lowest BCUT2D eigenvalue weighted by Gasteiger charge is -2.26. The van der Waals surface area contributed by atoms with E-state index >= 15 is 0 Å². The zero-order valence-electron chi connectivity index (χ0n) is 15.2. The summed E-state index contributed by atoms with van der Waals surface area (Å²) in [6, 6.07) is 11.9. The molecule has 0 spiro atoms. The van der Waals surface area contributed by atoms with E-state index in [4.69, 9.17) is 5.73 Å². The molecule has 0 aromatic heterocycles. The maximum Gasteiger partial charge on any atom is 0.387 e. The second-order valence-electron chi connectivity index (χ2n) is 6.16. The highest BCUT2D eigenvalue weighted by Crippen LogP contribution is 2.40. The van der Waals surface area contributed by atoms with E-state index in [9.17, 15) is 18.0 Å². The average Bonchev–Trinajstić information content (AvgIpc) is 2.92. The van der Waals surface area contributed by atoms with Crippen molar-refractivity contribution in [2.45, 2.75) is 19.1 Å². The van der Waals surface area contributed by atoms with Crippen molar-refractivity contribution in [3.05, 3.63) is 71.3 Å². The second kappa shape index (κ2) is 7.38. The number of alkyl halides is 2. The van der Waals surface area contributed by atoms with Crippen LogP contribution in [-0.2, 0) is 10.3 Å². The van der Waals surface area contributed by atoms with Gasteiger partial charge in [-0.05, 0) is 36.2 Å². The van der Waals surface area contributed by atoms with Gasteiger partial charge in [-0.1, -0.05) is 36.4 Å². The van der Waals surface area contributed by atoms with E-state index in [1.165, 1.54) is 48.4 Å². The van der Waals surface area contributed by atoms with Crippen molar-refractivity contribution >= 4 is 17.7 Å². The number of aliphatic imine (C=N–C) groups is 1. The number of halogens is 3. The van der Waals surface area contributed by atoms with Crippen molar-refractivity contribution in [1.29, 1.82) is 0 Å². The molecule has 0 saturated carbocycles. The Hall–Kier alpha value is -3.29. The predicted molar refractivity (Wildman–Crippen MR) is 99.4 cm³/mol. The molecule has 1 aliphatic rings. The van der Waals surface area contributed by atoms with Gasteiger partial charge in [-0.3, -0.25) is 9.69 Å². The van der Waals surface area contributed by atoms with Crippen molar-refractivity contribution in [2.75, 3.05) is 7.05 Å². The molecule has 0 aliphatic carbocycles. The van der Waals surface area contributed by atoms with Crippen LogP contribution in [0.3, 0.4) is 0 Å². The first-order chi connectivity index (χ1) is 13.3. The number of nitrogens with two attached hydrogens (primary N) is 1. The van der Waals surface area contributed by atoms with Gasteiger partial charge < -0.3 is 10.5 Å². The highest BCUT2D eigenvalue weighted by atomic mass is 19.3. The molecule has 3 rings (SSSR count). The topological polar surface area (TPSA) is 67.9 Å². The normalized spacial score (nSPS) is 19.9. The number of hydrogen-bond acceptors (Lipinski definition) is 4. The third-order valence-corrected chi connectivity index (χ3v) is 4.55. The molecule has 2 aromatic rings. The minimum absolute atomic E-state index is 0.00480. The molecule has 146 valence electrons. The SMILES string of the molecule is CC=C(F)c1cccc(C2(c3ccc(OC(F)F)cc3)N=C(N)N(C)C2=O)c1. The molecule has 0 bridgehead atoms. The summed E-state index contributed by atoms with van der Waals surface area (Å²) in [5, 5.41) is 0. The minimum Gasteiger partial charge on any atom is -0.435 e. The Kier molecular flexibility index (Phi) is 5.13.